The van der Waals surface area contributed by atoms with Gasteiger partial charge in [-0.25, -0.2) is 0 Å². The lowest BCUT2D eigenvalue weighted by Gasteiger charge is -2.26. The van der Waals surface area contributed by atoms with Crippen molar-refractivity contribution >= 4 is 29.3 Å². The zero-order valence-corrected chi connectivity index (χ0v) is 13.5. The van der Waals surface area contributed by atoms with Crippen LogP contribution in [0.2, 0.25) is 0 Å². The van der Waals surface area contributed by atoms with E-state index in [0.717, 1.165) is 4.90 Å². The molecule has 0 radical (unpaired) electrons. The number of aliphatic carboxylic acids is 1. The highest BCUT2D eigenvalue weighted by Crippen LogP contribution is 2.27. The van der Waals surface area contributed by atoms with Crippen molar-refractivity contribution in [2.24, 2.45) is 5.92 Å². The highest BCUT2D eigenvalue weighted by molar-refractivity contribution is 7.98. The summed E-state index contributed by atoms with van der Waals surface area (Å²) in [5.41, 5.74) is -0.179. The molecule has 1 aliphatic rings. The lowest BCUT2D eigenvalue weighted by atomic mass is 9.86. The van der Waals surface area contributed by atoms with Crippen LogP contribution in [0.3, 0.4) is 0 Å². The number of carbonyl (C=O) groups excluding carboxylic acids is 1. The Hall–Kier alpha value is -2.09. The zero-order chi connectivity index (χ0) is 17.0. The van der Waals surface area contributed by atoms with Crippen LogP contribution in [0, 0.1) is 16.0 Å². The predicted molar refractivity (Wildman–Crippen MR) is 85.7 cm³/mol. The van der Waals surface area contributed by atoms with E-state index in [-0.39, 0.29) is 23.2 Å². The first-order chi connectivity index (χ1) is 10.9. The average Bonchev–Trinajstić information content (AvgIpc) is 2.54. The summed E-state index contributed by atoms with van der Waals surface area (Å²) >= 11 is 1.40. The molecule has 124 valence electrons. The molecule has 8 heteroatoms. The molecular formula is C15H18N2O5S. The summed E-state index contributed by atoms with van der Waals surface area (Å²) < 4.78 is 0. The summed E-state index contributed by atoms with van der Waals surface area (Å²) in [7, 11) is 0. The van der Waals surface area contributed by atoms with Crippen LogP contribution >= 0.6 is 11.8 Å². The minimum atomic E-state index is -0.807. The van der Waals surface area contributed by atoms with Crippen molar-refractivity contribution in [1.29, 1.82) is 0 Å². The monoisotopic (exact) mass is 338 g/mol. The highest BCUT2D eigenvalue weighted by atomic mass is 32.2. The van der Waals surface area contributed by atoms with Gasteiger partial charge in [0, 0.05) is 17.0 Å². The SMILES string of the molecule is CSc1ccc([N+](=O)[O-])c(C(=O)NC2CCC(C(=O)O)CC2)c1. The number of hydrogen-bond donors (Lipinski definition) is 2. The van der Waals surface area contributed by atoms with E-state index >= 15 is 0 Å². The van der Waals surface area contributed by atoms with Crippen LogP contribution in [-0.2, 0) is 4.79 Å². The quantitative estimate of drug-likeness (QED) is 0.485. The molecule has 7 nitrogen and oxygen atoms in total. The van der Waals surface area contributed by atoms with E-state index in [1.165, 1.54) is 23.9 Å². The van der Waals surface area contributed by atoms with Crippen LogP contribution in [0.25, 0.3) is 0 Å². The van der Waals surface area contributed by atoms with Crippen LogP contribution in [0.15, 0.2) is 23.1 Å². The molecule has 0 heterocycles. The Morgan fingerprint density at radius 3 is 2.48 bits per heavy atom. The van der Waals surface area contributed by atoms with E-state index in [1.807, 2.05) is 6.26 Å². The van der Waals surface area contributed by atoms with Crippen LogP contribution in [0.5, 0.6) is 0 Å². The summed E-state index contributed by atoms with van der Waals surface area (Å²) in [6.07, 6.45) is 3.98. The number of nitro benzene ring substituents is 1. The van der Waals surface area contributed by atoms with Gasteiger partial charge in [-0.3, -0.25) is 19.7 Å². The van der Waals surface area contributed by atoms with E-state index in [1.54, 1.807) is 6.07 Å². The first-order valence-electron chi connectivity index (χ1n) is 7.28. The molecule has 2 N–H and O–H groups in total. The maximum atomic E-state index is 12.4. The first kappa shape index (κ1) is 17.3. The fourth-order valence-corrected chi connectivity index (χ4v) is 3.17. The van der Waals surface area contributed by atoms with Gasteiger partial charge in [-0.1, -0.05) is 0 Å². The smallest absolute Gasteiger partial charge is 0.306 e. The minimum absolute atomic E-state index is 0.0437. The number of amides is 1. The van der Waals surface area contributed by atoms with E-state index in [2.05, 4.69) is 5.32 Å². The number of carbonyl (C=O) groups is 2. The van der Waals surface area contributed by atoms with Gasteiger partial charge in [-0.15, -0.1) is 11.8 Å². The average molecular weight is 338 g/mol. The Morgan fingerprint density at radius 2 is 1.96 bits per heavy atom. The fourth-order valence-electron chi connectivity index (χ4n) is 2.73. The molecule has 1 aromatic rings. The molecule has 1 fully saturated rings. The highest BCUT2D eigenvalue weighted by Gasteiger charge is 2.28. The Labute approximate surface area is 137 Å². The predicted octanol–water partition coefficient (Wildman–Crippen LogP) is 2.69. The molecule has 0 unspecified atom stereocenters. The van der Waals surface area contributed by atoms with Gasteiger partial charge in [0.25, 0.3) is 11.6 Å². The van der Waals surface area contributed by atoms with Crippen LogP contribution in [-0.4, -0.2) is 34.2 Å². The number of nitrogens with zero attached hydrogens (tertiary/aromatic N) is 1. The van der Waals surface area contributed by atoms with Crippen LogP contribution < -0.4 is 5.32 Å². The molecule has 0 bridgehead atoms. The third kappa shape index (κ3) is 4.22. The van der Waals surface area contributed by atoms with E-state index in [4.69, 9.17) is 5.11 Å². The summed E-state index contributed by atoms with van der Waals surface area (Å²) in [6, 6.07) is 4.32. The van der Waals surface area contributed by atoms with Crippen molar-refractivity contribution < 1.29 is 19.6 Å². The van der Waals surface area contributed by atoms with E-state index < -0.39 is 16.8 Å². The van der Waals surface area contributed by atoms with Crippen molar-refractivity contribution in [3.63, 3.8) is 0 Å². The summed E-state index contributed by atoms with van der Waals surface area (Å²) in [4.78, 5) is 34.6. The van der Waals surface area contributed by atoms with Gasteiger partial charge in [-0.05, 0) is 44.1 Å². The number of benzene rings is 1. The number of nitrogens with one attached hydrogen (secondary N) is 1. The molecule has 0 atom stereocenters. The molecular weight excluding hydrogens is 320 g/mol. The summed E-state index contributed by atoms with van der Waals surface area (Å²) in [6.45, 7) is 0. The van der Waals surface area contributed by atoms with Gasteiger partial charge in [-0.2, -0.15) is 0 Å². The maximum Gasteiger partial charge on any atom is 0.306 e. The largest absolute Gasteiger partial charge is 0.481 e. The number of thioether (sulfide) groups is 1. The standard InChI is InChI=1S/C15H18N2O5S/c1-23-11-6-7-13(17(21)22)12(8-11)14(18)16-10-4-2-9(3-5-10)15(19)20/h6-10H,2-5H2,1H3,(H,16,18)(H,19,20). The Balaban J connectivity index is 2.09. The van der Waals surface area contributed by atoms with Gasteiger partial charge in [0.15, 0.2) is 0 Å². The van der Waals surface area contributed by atoms with Gasteiger partial charge < -0.3 is 10.4 Å². The van der Waals surface area contributed by atoms with Crippen molar-refractivity contribution in [3.8, 4) is 0 Å². The van der Waals surface area contributed by atoms with Crippen LogP contribution in [0.4, 0.5) is 5.69 Å². The number of carboxylic acid groups (broad SMARTS) is 1. The second-order valence-electron chi connectivity index (χ2n) is 5.50. The number of hydrogen-bond acceptors (Lipinski definition) is 5. The van der Waals surface area contributed by atoms with Gasteiger partial charge >= 0.3 is 5.97 Å². The third-order valence-electron chi connectivity index (χ3n) is 4.06. The summed E-state index contributed by atoms with van der Waals surface area (Å²) in [5, 5.41) is 22.9. The number of nitro groups is 1. The topological polar surface area (TPSA) is 110 Å². The van der Waals surface area contributed by atoms with Crippen molar-refractivity contribution in [2.45, 2.75) is 36.6 Å². The van der Waals surface area contributed by atoms with Gasteiger partial charge in [0.1, 0.15) is 5.56 Å². The molecule has 1 saturated carbocycles. The van der Waals surface area contributed by atoms with Crippen molar-refractivity contribution in [3.05, 3.63) is 33.9 Å². The third-order valence-corrected chi connectivity index (χ3v) is 4.78. The molecule has 0 aromatic heterocycles. The Bertz CT molecular complexity index is 626. The molecule has 2 rings (SSSR count). The van der Waals surface area contributed by atoms with E-state index in [0.29, 0.717) is 25.7 Å². The summed E-state index contributed by atoms with van der Waals surface area (Å²) in [5.74, 6) is -1.65. The number of rotatable bonds is 5. The lowest BCUT2D eigenvalue weighted by Crippen LogP contribution is -2.38. The molecule has 0 aliphatic heterocycles. The molecule has 1 aromatic carbocycles. The molecule has 1 aliphatic carbocycles. The fraction of sp³-hybridized carbons (Fsp3) is 0.467. The molecule has 23 heavy (non-hydrogen) atoms. The second-order valence-corrected chi connectivity index (χ2v) is 6.38. The van der Waals surface area contributed by atoms with Gasteiger partial charge in [0.05, 0.1) is 10.8 Å². The lowest BCUT2D eigenvalue weighted by molar-refractivity contribution is -0.385. The Kier molecular flexibility index (Phi) is 5.59. The maximum absolute atomic E-state index is 12.4. The van der Waals surface area contributed by atoms with Crippen molar-refractivity contribution in [1.82, 2.24) is 5.32 Å². The van der Waals surface area contributed by atoms with E-state index in [9.17, 15) is 19.7 Å². The normalized spacial score (nSPS) is 20.7. The van der Waals surface area contributed by atoms with Crippen LogP contribution in [0.1, 0.15) is 36.0 Å². The minimum Gasteiger partial charge on any atom is -0.481 e. The molecule has 0 spiro atoms. The molecule has 1 amide bonds. The number of carboxylic acids is 1. The first-order valence-corrected chi connectivity index (χ1v) is 8.51. The second kappa shape index (κ2) is 7.45. The van der Waals surface area contributed by atoms with Gasteiger partial charge in [0.2, 0.25) is 0 Å². The molecule has 0 saturated heterocycles. The zero-order valence-electron chi connectivity index (χ0n) is 12.7. The van der Waals surface area contributed by atoms with Crippen molar-refractivity contribution in [2.75, 3.05) is 6.26 Å². The Morgan fingerprint density at radius 1 is 1.30 bits per heavy atom.